The topological polar surface area (TPSA) is 99.2 Å². The second-order valence-electron chi connectivity index (χ2n) is 2.67. The molecule has 1 atom stereocenters. The van der Waals surface area contributed by atoms with E-state index in [1.165, 1.54) is 12.4 Å². The van der Waals surface area contributed by atoms with Crippen LogP contribution in [-0.2, 0) is 0 Å². The van der Waals surface area contributed by atoms with Gasteiger partial charge in [-0.15, -0.1) is 0 Å². The van der Waals surface area contributed by atoms with Gasteiger partial charge in [0.25, 0.3) is 5.91 Å². The Hall–Kier alpha value is -1.73. The molecule has 74 valence electrons. The number of rotatable bonds is 2. The Labute approximate surface area is 79.6 Å². The maximum Gasteiger partial charge on any atom is 0.276 e. The van der Waals surface area contributed by atoms with Crippen LogP contribution in [0.5, 0.6) is 0 Å². The standard InChI is InChI=1S/C7H9N5O2/c13-3-10-7-11-5-4(6(14)12-7)8-1-2-9-5/h1-2,7,10,13H,3H2,(H,9,11)(H,12,14). The first kappa shape index (κ1) is 8.85. The number of nitrogens with one attached hydrogen (secondary N) is 3. The van der Waals surface area contributed by atoms with Gasteiger partial charge >= 0.3 is 0 Å². The van der Waals surface area contributed by atoms with Crippen molar-refractivity contribution in [3.05, 3.63) is 18.1 Å². The third-order valence-electron chi connectivity index (χ3n) is 1.77. The monoisotopic (exact) mass is 195 g/mol. The van der Waals surface area contributed by atoms with E-state index in [0.29, 0.717) is 5.82 Å². The molecule has 14 heavy (non-hydrogen) atoms. The van der Waals surface area contributed by atoms with E-state index in [4.69, 9.17) is 5.11 Å². The lowest BCUT2D eigenvalue weighted by molar-refractivity contribution is 0.0913. The number of carbonyl (C=O) groups is 1. The smallest absolute Gasteiger partial charge is 0.276 e. The van der Waals surface area contributed by atoms with E-state index in [-0.39, 0.29) is 18.3 Å². The zero-order valence-corrected chi connectivity index (χ0v) is 7.19. The van der Waals surface area contributed by atoms with Crippen LogP contribution < -0.4 is 16.0 Å². The Morgan fingerprint density at radius 2 is 2.21 bits per heavy atom. The number of fused-ring (bicyclic) bond motifs is 1. The summed E-state index contributed by atoms with van der Waals surface area (Å²) in [6.45, 7) is -0.243. The molecule has 2 rings (SSSR count). The van der Waals surface area contributed by atoms with Crippen LogP contribution >= 0.6 is 0 Å². The van der Waals surface area contributed by atoms with Crippen LogP contribution in [0.15, 0.2) is 12.4 Å². The van der Waals surface area contributed by atoms with Crippen LogP contribution in [-0.4, -0.2) is 34.0 Å². The SMILES string of the molecule is O=C1NC(NCO)Nc2nccnc21. The summed E-state index contributed by atoms with van der Waals surface area (Å²) in [5.74, 6) is 0.0833. The average Bonchev–Trinajstić information content (AvgIpc) is 2.18. The minimum atomic E-state index is -0.517. The molecule has 0 bridgehead atoms. The molecule has 1 amide bonds. The Morgan fingerprint density at radius 1 is 1.43 bits per heavy atom. The Kier molecular flexibility index (Phi) is 2.25. The van der Waals surface area contributed by atoms with Gasteiger partial charge in [-0.25, -0.2) is 9.97 Å². The van der Waals surface area contributed by atoms with Gasteiger partial charge in [-0.2, -0.15) is 0 Å². The number of aromatic nitrogens is 2. The molecule has 0 fully saturated rings. The third kappa shape index (κ3) is 1.50. The summed E-state index contributed by atoms with van der Waals surface area (Å²) in [6, 6.07) is 0. The summed E-state index contributed by atoms with van der Waals surface area (Å²) in [4.78, 5) is 19.2. The van der Waals surface area contributed by atoms with Crippen molar-refractivity contribution >= 4 is 11.7 Å². The molecule has 1 aliphatic rings. The summed E-state index contributed by atoms with van der Waals surface area (Å²) < 4.78 is 0. The molecule has 0 spiro atoms. The molecule has 1 aromatic heterocycles. The minimum absolute atomic E-state index is 0.243. The quantitative estimate of drug-likeness (QED) is 0.427. The summed E-state index contributed by atoms with van der Waals surface area (Å²) in [5, 5.41) is 16.6. The normalized spacial score (nSPS) is 19.5. The van der Waals surface area contributed by atoms with Crippen molar-refractivity contribution in [1.82, 2.24) is 20.6 Å². The number of aliphatic hydroxyl groups excluding tert-OH is 1. The highest BCUT2D eigenvalue weighted by Crippen LogP contribution is 2.12. The predicted molar refractivity (Wildman–Crippen MR) is 47.1 cm³/mol. The highest BCUT2D eigenvalue weighted by molar-refractivity contribution is 5.98. The first-order valence-corrected chi connectivity index (χ1v) is 4.04. The highest BCUT2D eigenvalue weighted by Gasteiger charge is 2.24. The molecule has 1 unspecified atom stereocenters. The molecular formula is C7H9N5O2. The molecule has 7 heteroatoms. The second-order valence-corrected chi connectivity index (χ2v) is 2.67. The Balaban J connectivity index is 2.24. The largest absolute Gasteiger partial charge is 0.381 e. The molecule has 7 nitrogen and oxygen atoms in total. The van der Waals surface area contributed by atoms with Gasteiger partial charge < -0.3 is 15.7 Å². The Morgan fingerprint density at radius 3 is 3.00 bits per heavy atom. The average molecular weight is 195 g/mol. The summed E-state index contributed by atoms with van der Waals surface area (Å²) in [5.41, 5.74) is 0.253. The summed E-state index contributed by atoms with van der Waals surface area (Å²) in [6.07, 6.45) is 2.41. The molecule has 4 N–H and O–H groups in total. The van der Waals surface area contributed by atoms with E-state index < -0.39 is 6.29 Å². The number of aliphatic hydroxyl groups is 1. The lowest BCUT2D eigenvalue weighted by atomic mass is 10.3. The van der Waals surface area contributed by atoms with Crippen LogP contribution in [0.3, 0.4) is 0 Å². The van der Waals surface area contributed by atoms with Gasteiger partial charge in [0.05, 0.1) is 6.73 Å². The fraction of sp³-hybridized carbons (Fsp3) is 0.286. The van der Waals surface area contributed by atoms with E-state index in [1.54, 1.807) is 0 Å². The van der Waals surface area contributed by atoms with Crippen LogP contribution in [0, 0.1) is 0 Å². The number of hydrogen-bond donors (Lipinski definition) is 4. The molecule has 2 heterocycles. The predicted octanol–water partition coefficient (Wildman–Crippen LogP) is -1.55. The van der Waals surface area contributed by atoms with Gasteiger partial charge in [-0.3, -0.25) is 10.1 Å². The van der Waals surface area contributed by atoms with Crippen LogP contribution in [0.2, 0.25) is 0 Å². The van der Waals surface area contributed by atoms with Gasteiger partial charge in [-0.05, 0) is 0 Å². The molecule has 0 radical (unpaired) electrons. The first-order chi connectivity index (χ1) is 6.81. The number of hydrogen-bond acceptors (Lipinski definition) is 6. The van der Waals surface area contributed by atoms with Crippen molar-refractivity contribution in [2.75, 3.05) is 12.0 Å². The van der Waals surface area contributed by atoms with Crippen molar-refractivity contribution in [1.29, 1.82) is 0 Å². The lowest BCUT2D eigenvalue weighted by Gasteiger charge is -2.25. The van der Waals surface area contributed by atoms with Gasteiger partial charge in [0.2, 0.25) is 0 Å². The van der Waals surface area contributed by atoms with E-state index in [9.17, 15) is 4.79 Å². The fourth-order valence-electron chi connectivity index (χ4n) is 1.18. The second kappa shape index (κ2) is 3.56. The van der Waals surface area contributed by atoms with Crippen molar-refractivity contribution < 1.29 is 9.90 Å². The first-order valence-electron chi connectivity index (χ1n) is 4.04. The zero-order valence-electron chi connectivity index (χ0n) is 7.19. The number of anilines is 1. The van der Waals surface area contributed by atoms with Crippen LogP contribution in [0.25, 0.3) is 0 Å². The lowest BCUT2D eigenvalue weighted by Crippen LogP contribution is -2.54. The van der Waals surface area contributed by atoms with Crippen molar-refractivity contribution in [2.24, 2.45) is 0 Å². The van der Waals surface area contributed by atoms with Gasteiger partial charge in [0.15, 0.2) is 17.8 Å². The fourth-order valence-corrected chi connectivity index (χ4v) is 1.18. The molecule has 0 aliphatic carbocycles. The van der Waals surface area contributed by atoms with Crippen molar-refractivity contribution in [3.63, 3.8) is 0 Å². The van der Waals surface area contributed by atoms with E-state index in [1.807, 2.05) is 0 Å². The molecule has 0 saturated heterocycles. The summed E-state index contributed by atoms with van der Waals surface area (Å²) >= 11 is 0. The zero-order chi connectivity index (χ0) is 9.97. The summed E-state index contributed by atoms with van der Waals surface area (Å²) in [7, 11) is 0. The Bertz CT molecular complexity index is 356. The highest BCUT2D eigenvalue weighted by atomic mass is 16.3. The number of nitrogens with zero attached hydrogens (tertiary/aromatic N) is 2. The van der Waals surface area contributed by atoms with Crippen LogP contribution in [0.4, 0.5) is 5.82 Å². The maximum atomic E-state index is 11.4. The number of carbonyl (C=O) groups excluding carboxylic acids is 1. The molecule has 1 aliphatic heterocycles. The van der Waals surface area contributed by atoms with Gasteiger partial charge in [0, 0.05) is 12.4 Å². The van der Waals surface area contributed by atoms with E-state index >= 15 is 0 Å². The number of amides is 1. The molecule has 0 aromatic carbocycles. The van der Waals surface area contributed by atoms with Gasteiger partial charge in [-0.1, -0.05) is 0 Å². The molecule has 0 saturated carbocycles. The van der Waals surface area contributed by atoms with Crippen LogP contribution in [0.1, 0.15) is 10.5 Å². The minimum Gasteiger partial charge on any atom is -0.381 e. The van der Waals surface area contributed by atoms with E-state index in [0.717, 1.165) is 0 Å². The van der Waals surface area contributed by atoms with Crippen molar-refractivity contribution in [3.8, 4) is 0 Å². The molecule has 1 aromatic rings. The van der Waals surface area contributed by atoms with Gasteiger partial charge in [0.1, 0.15) is 0 Å². The maximum absolute atomic E-state index is 11.4. The van der Waals surface area contributed by atoms with Crippen molar-refractivity contribution in [2.45, 2.75) is 6.29 Å². The molecular weight excluding hydrogens is 186 g/mol. The third-order valence-corrected chi connectivity index (χ3v) is 1.77. The van der Waals surface area contributed by atoms with E-state index in [2.05, 4.69) is 25.9 Å².